The van der Waals surface area contributed by atoms with Crippen LogP contribution in [0.15, 0.2) is 0 Å². The van der Waals surface area contributed by atoms with E-state index in [1.54, 1.807) is 0 Å². The van der Waals surface area contributed by atoms with Gasteiger partial charge >= 0.3 is 0 Å². The Balaban J connectivity index is 2.56. The molecule has 0 spiro atoms. The minimum Gasteiger partial charge on any atom is -0.326 e. The van der Waals surface area contributed by atoms with Gasteiger partial charge in [0.1, 0.15) is 0 Å². The second-order valence-corrected chi connectivity index (χ2v) is 6.12. The molecule has 1 rings (SSSR count). The molecule has 15 heavy (non-hydrogen) atoms. The van der Waals surface area contributed by atoms with E-state index in [4.69, 9.17) is 5.73 Å². The van der Waals surface area contributed by atoms with Crippen LogP contribution < -0.4 is 5.73 Å². The number of rotatable bonds is 4. The smallest absolute Gasteiger partial charge is 0.0135 e. The molecule has 1 unspecified atom stereocenters. The summed E-state index contributed by atoms with van der Waals surface area (Å²) in [5, 5.41) is 0. The normalized spacial score (nSPS) is 22.0. The van der Waals surface area contributed by atoms with E-state index in [0.29, 0.717) is 6.04 Å². The van der Waals surface area contributed by atoms with Crippen LogP contribution in [0.4, 0.5) is 0 Å². The van der Waals surface area contributed by atoms with Gasteiger partial charge in [0.2, 0.25) is 0 Å². The van der Waals surface area contributed by atoms with Gasteiger partial charge in [0.15, 0.2) is 0 Å². The third-order valence-corrected chi connectivity index (χ3v) is 3.59. The number of hydrogen-bond donors (Lipinski definition) is 1. The second kappa shape index (κ2) is 5.31. The molecule has 0 aromatic heterocycles. The largest absolute Gasteiger partial charge is 0.326 e. The maximum absolute atomic E-state index is 6.15. The van der Waals surface area contributed by atoms with Crippen LogP contribution in [0.5, 0.6) is 0 Å². The second-order valence-electron chi connectivity index (χ2n) is 6.12. The first-order valence-corrected chi connectivity index (χ1v) is 6.35. The average molecular weight is 212 g/mol. The summed E-state index contributed by atoms with van der Waals surface area (Å²) in [5.74, 6) is 0.872. The molecule has 0 radical (unpaired) electrons. The molecule has 2 N–H and O–H groups in total. The first-order valence-electron chi connectivity index (χ1n) is 6.35. The SMILES string of the molecule is CN(C)C(CC(C)(C)N)C1CCCCC1. The van der Waals surface area contributed by atoms with Crippen molar-refractivity contribution in [1.82, 2.24) is 4.90 Å². The fourth-order valence-corrected chi connectivity index (χ4v) is 2.83. The summed E-state index contributed by atoms with van der Waals surface area (Å²) in [5.41, 5.74) is 6.12. The van der Waals surface area contributed by atoms with Gasteiger partial charge in [0, 0.05) is 11.6 Å². The highest BCUT2D eigenvalue weighted by Crippen LogP contribution is 2.31. The van der Waals surface area contributed by atoms with E-state index in [0.717, 1.165) is 12.3 Å². The van der Waals surface area contributed by atoms with Gasteiger partial charge in [-0.1, -0.05) is 19.3 Å². The molecule has 0 bridgehead atoms. The Bertz CT molecular complexity index is 175. The summed E-state index contributed by atoms with van der Waals surface area (Å²) < 4.78 is 0. The van der Waals surface area contributed by atoms with Crippen LogP contribution in [-0.4, -0.2) is 30.6 Å². The highest BCUT2D eigenvalue weighted by molar-refractivity contribution is 4.86. The molecule has 0 amide bonds. The van der Waals surface area contributed by atoms with Crippen LogP contribution in [0.25, 0.3) is 0 Å². The van der Waals surface area contributed by atoms with E-state index in [2.05, 4.69) is 32.8 Å². The Morgan fingerprint density at radius 2 is 1.73 bits per heavy atom. The van der Waals surface area contributed by atoms with Gasteiger partial charge in [-0.15, -0.1) is 0 Å². The van der Waals surface area contributed by atoms with Crippen LogP contribution in [-0.2, 0) is 0 Å². The van der Waals surface area contributed by atoms with Crippen molar-refractivity contribution < 1.29 is 0 Å². The van der Waals surface area contributed by atoms with Crippen LogP contribution in [0.3, 0.4) is 0 Å². The molecule has 1 saturated carbocycles. The van der Waals surface area contributed by atoms with Crippen molar-refractivity contribution in [3.63, 3.8) is 0 Å². The first-order chi connectivity index (χ1) is 6.90. The number of nitrogens with two attached hydrogens (primary N) is 1. The van der Waals surface area contributed by atoms with E-state index >= 15 is 0 Å². The van der Waals surface area contributed by atoms with Gasteiger partial charge in [0.05, 0.1) is 0 Å². The lowest BCUT2D eigenvalue weighted by molar-refractivity contribution is 0.140. The van der Waals surface area contributed by atoms with Crippen molar-refractivity contribution in [2.45, 2.75) is 64.0 Å². The van der Waals surface area contributed by atoms with Gasteiger partial charge < -0.3 is 10.6 Å². The standard InChI is InChI=1S/C13H28N2/c1-13(2,14)10-12(15(3)4)11-8-6-5-7-9-11/h11-12H,5-10,14H2,1-4H3. The topological polar surface area (TPSA) is 29.3 Å². The lowest BCUT2D eigenvalue weighted by atomic mass is 9.79. The Labute approximate surface area is 95.2 Å². The number of hydrogen-bond acceptors (Lipinski definition) is 2. The Kier molecular flexibility index (Phi) is 4.60. The molecular weight excluding hydrogens is 184 g/mol. The molecule has 1 aliphatic rings. The van der Waals surface area contributed by atoms with Crippen LogP contribution in [0.2, 0.25) is 0 Å². The molecule has 1 atom stereocenters. The summed E-state index contributed by atoms with van der Waals surface area (Å²) in [7, 11) is 4.40. The molecule has 0 heterocycles. The quantitative estimate of drug-likeness (QED) is 0.776. The highest BCUT2D eigenvalue weighted by atomic mass is 15.1. The molecule has 90 valence electrons. The molecule has 1 fully saturated rings. The first kappa shape index (κ1) is 13.0. The van der Waals surface area contributed by atoms with Crippen molar-refractivity contribution in [3.8, 4) is 0 Å². The Morgan fingerprint density at radius 1 is 1.20 bits per heavy atom. The summed E-state index contributed by atoms with van der Waals surface area (Å²) >= 11 is 0. The summed E-state index contributed by atoms with van der Waals surface area (Å²) in [6.07, 6.45) is 8.19. The van der Waals surface area contributed by atoms with Crippen LogP contribution in [0.1, 0.15) is 52.4 Å². The van der Waals surface area contributed by atoms with Gasteiger partial charge in [-0.25, -0.2) is 0 Å². The predicted octanol–water partition coefficient (Wildman–Crippen LogP) is 2.62. The third-order valence-electron chi connectivity index (χ3n) is 3.59. The maximum Gasteiger partial charge on any atom is 0.0135 e. The molecule has 2 heteroatoms. The molecule has 0 aromatic carbocycles. The Morgan fingerprint density at radius 3 is 2.13 bits per heavy atom. The van der Waals surface area contributed by atoms with Gasteiger partial charge in [0.25, 0.3) is 0 Å². The molecule has 0 aliphatic heterocycles. The fraction of sp³-hybridized carbons (Fsp3) is 1.00. The zero-order valence-electron chi connectivity index (χ0n) is 10.9. The van der Waals surface area contributed by atoms with Crippen molar-refractivity contribution in [3.05, 3.63) is 0 Å². The lowest BCUT2D eigenvalue weighted by Crippen LogP contribution is -2.45. The van der Waals surface area contributed by atoms with Crippen LogP contribution in [0, 0.1) is 5.92 Å². The van der Waals surface area contributed by atoms with E-state index in [-0.39, 0.29) is 5.54 Å². The van der Waals surface area contributed by atoms with E-state index in [1.807, 2.05) is 0 Å². The lowest BCUT2D eigenvalue weighted by Gasteiger charge is -2.38. The van der Waals surface area contributed by atoms with E-state index < -0.39 is 0 Å². The summed E-state index contributed by atoms with van der Waals surface area (Å²) in [6.45, 7) is 4.29. The van der Waals surface area contributed by atoms with E-state index in [1.165, 1.54) is 32.1 Å². The highest BCUT2D eigenvalue weighted by Gasteiger charge is 2.29. The molecule has 1 aliphatic carbocycles. The summed E-state index contributed by atoms with van der Waals surface area (Å²) in [6, 6.07) is 0.672. The van der Waals surface area contributed by atoms with Gasteiger partial charge in [-0.2, -0.15) is 0 Å². The van der Waals surface area contributed by atoms with Crippen LogP contribution >= 0.6 is 0 Å². The average Bonchev–Trinajstić information content (AvgIpc) is 2.14. The van der Waals surface area contributed by atoms with Gasteiger partial charge in [-0.05, 0) is 53.1 Å². The minimum absolute atomic E-state index is 0.0353. The van der Waals surface area contributed by atoms with E-state index in [9.17, 15) is 0 Å². The fourth-order valence-electron chi connectivity index (χ4n) is 2.83. The van der Waals surface area contributed by atoms with Crippen molar-refractivity contribution in [2.75, 3.05) is 14.1 Å². The maximum atomic E-state index is 6.15. The predicted molar refractivity (Wildman–Crippen MR) is 66.9 cm³/mol. The minimum atomic E-state index is -0.0353. The van der Waals surface area contributed by atoms with Crippen molar-refractivity contribution >= 4 is 0 Å². The molecule has 0 saturated heterocycles. The summed E-state index contributed by atoms with van der Waals surface area (Å²) in [4.78, 5) is 2.38. The molecule has 2 nitrogen and oxygen atoms in total. The van der Waals surface area contributed by atoms with Crippen molar-refractivity contribution in [1.29, 1.82) is 0 Å². The number of nitrogens with zero attached hydrogens (tertiary/aromatic N) is 1. The monoisotopic (exact) mass is 212 g/mol. The molecule has 0 aromatic rings. The molecular formula is C13H28N2. The third kappa shape index (κ3) is 4.52. The van der Waals surface area contributed by atoms with Crippen molar-refractivity contribution in [2.24, 2.45) is 11.7 Å². The Hall–Kier alpha value is -0.0800. The zero-order chi connectivity index (χ0) is 11.5. The zero-order valence-corrected chi connectivity index (χ0v) is 10.9. The van der Waals surface area contributed by atoms with Gasteiger partial charge in [-0.3, -0.25) is 0 Å².